The summed E-state index contributed by atoms with van der Waals surface area (Å²) < 4.78 is 2.03. The van der Waals surface area contributed by atoms with Crippen molar-refractivity contribution in [3.8, 4) is 10.7 Å². The maximum atomic E-state index is 6.33. The molecule has 0 amide bonds. The quantitative estimate of drug-likeness (QED) is 0.749. The second-order valence-electron chi connectivity index (χ2n) is 6.57. The Morgan fingerprint density at radius 1 is 1.33 bits per heavy atom. The zero-order valence-electron chi connectivity index (χ0n) is 12.2. The van der Waals surface area contributed by atoms with E-state index < -0.39 is 0 Å². The number of hydrogen-bond acceptors (Lipinski definition) is 4. The molecule has 3 aromatic heterocycles. The second kappa shape index (κ2) is 4.39. The van der Waals surface area contributed by atoms with E-state index in [9.17, 15) is 0 Å². The first kappa shape index (κ1) is 13.0. The first-order valence-corrected chi connectivity index (χ1v) is 8.03. The SMILES string of the molecule is CC1(C)Cc2nc(-c3cn4ccccc4n3)sc2C(N)C1. The van der Waals surface area contributed by atoms with Crippen LogP contribution < -0.4 is 5.73 Å². The van der Waals surface area contributed by atoms with Crippen LogP contribution in [0.25, 0.3) is 16.3 Å². The summed E-state index contributed by atoms with van der Waals surface area (Å²) in [6, 6.07) is 6.11. The predicted molar refractivity (Wildman–Crippen MR) is 85.3 cm³/mol. The number of nitrogens with two attached hydrogens (primary N) is 1. The molecule has 0 saturated carbocycles. The third-order valence-corrected chi connectivity index (χ3v) is 5.32. The van der Waals surface area contributed by atoms with Crippen molar-refractivity contribution in [2.24, 2.45) is 11.1 Å². The minimum atomic E-state index is 0.104. The lowest BCUT2D eigenvalue weighted by Gasteiger charge is -2.32. The molecule has 1 unspecified atom stereocenters. The molecular weight excluding hydrogens is 280 g/mol. The van der Waals surface area contributed by atoms with Gasteiger partial charge in [0.1, 0.15) is 16.3 Å². The van der Waals surface area contributed by atoms with Crippen LogP contribution in [-0.2, 0) is 6.42 Å². The molecule has 0 spiro atoms. The zero-order valence-corrected chi connectivity index (χ0v) is 13.0. The molecule has 0 saturated heterocycles. The van der Waals surface area contributed by atoms with Gasteiger partial charge < -0.3 is 10.1 Å². The van der Waals surface area contributed by atoms with E-state index in [0.29, 0.717) is 0 Å². The lowest BCUT2D eigenvalue weighted by molar-refractivity contribution is 0.282. The lowest BCUT2D eigenvalue weighted by Crippen LogP contribution is -2.28. The molecule has 0 fully saturated rings. The Kier molecular flexibility index (Phi) is 2.71. The molecule has 5 heteroatoms. The van der Waals surface area contributed by atoms with E-state index in [4.69, 9.17) is 10.7 Å². The number of rotatable bonds is 1. The Morgan fingerprint density at radius 2 is 2.19 bits per heavy atom. The van der Waals surface area contributed by atoms with Crippen LogP contribution in [0.5, 0.6) is 0 Å². The molecular formula is C16H18N4S. The van der Waals surface area contributed by atoms with Gasteiger partial charge in [0.15, 0.2) is 0 Å². The summed E-state index contributed by atoms with van der Waals surface area (Å²) in [5, 5.41) is 0.983. The van der Waals surface area contributed by atoms with Crippen LogP contribution in [0, 0.1) is 5.41 Å². The fourth-order valence-corrected chi connectivity index (χ4v) is 4.18. The Bertz CT molecular complexity index is 782. The third-order valence-electron chi connectivity index (χ3n) is 4.07. The summed E-state index contributed by atoms with van der Waals surface area (Å²) in [5.74, 6) is 0. The number of hydrogen-bond donors (Lipinski definition) is 1. The molecule has 1 aliphatic carbocycles. The maximum Gasteiger partial charge on any atom is 0.144 e. The number of pyridine rings is 1. The van der Waals surface area contributed by atoms with E-state index in [-0.39, 0.29) is 11.5 Å². The second-order valence-corrected chi connectivity index (χ2v) is 7.60. The standard InChI is InChI=1S/C16H18N4S/c1-16(2)7-10(17)14-11(8-16)19-15(21-14)12-9-20-6-4-3-5-13(20)18-12/h3-6,9-10H,7-8,17H2,1-2H3. The number of nitrogens with zero attached hydrogens (tertiary/aromatic N) is 3. The van der Waals surface area contributed by atoms with Gasteiger partial charge in [-0.25, -0.2) is 9.97 Å². The number of aromatic nitrogens is 3. The molecule has 0 bridgehead atoms. The van der Waals surface area contributed by atoms with Crippen LogP contribution in [0.2, 0.25) is 0 Å². The van der Waals surface area contributed by atoms with E-state index in [1.807, 2.05) is 35.0 Å². The number of fused-ring (bicyclic) bond motifs is 2. The zero-order chi connectivity index (χ0) is 14.6. The molecule has 4 nitrogen and oxygen atoms in total. The van der Waals surface area contributed by atoms with Crippen LogP contribution in [0.3, 0.4) is 0 Å². The first-order chi connectivity index (χ1) is 10.0. The van der Waals surface area contributed by atoms with Crippen LogP contribution in [0.4, 0.5) is 0 Å². The topological polar surface area (TPSA) is 56.2 Å². The summed E-state index contributed by atoms with van der Waals surface area (Å²) in [5.41, 5.74) is 9.61. The highest BCUT2D eigenvalue weighted by molar-refractivity contribution is 7.15. The Morgan fingerprint density at radius 3 is 3.00 bits per heavy atom. The maximum absolute atomic E-state index is 6.33. The Balaban J connectivity index is 1.80. The smallest absolute Gasteiger partial charge is 0.144 e. The molecule has 3 heterocycles. The van der Waals surface area contributed by atoms with Crippen LogP contribution in [-0.4, -0.2) is 14.4 Å². The van der Waals surface area contributed by atoms with Gasteiger partial charge in [-0.1, -0.05) is 19.9 Å². The van der Waals surface area contributed by atoms with Gasteiger partial charge in [-0.3, -0.25) is 0 Å². The third kappa shape index (κ3) is 2.17. The van der Waals surface area contributed by atoms with Gasteiger partial charge >= 0.3 is 0 Å². The van der Waals surface area contributed by atoms with Gasteiger partial charge in [0, 0.05) is 23.3 Å². The van der Waals surface area contributed by atoms with Crippen molar-refractivity contribution in [2.45, 2.75) is 32.7 Å². The summed E-state index contributed by atoms with van der Waals surface area (Å²) >= 11 is 1.70. The van der Waals surface area contributed by atoms with E-state index in [2.05, 4.69) is 18.8 Å². The largest absolute Gasteiger partial charge is 0.323 e. The molecule has 1 atom stereocenters. The molecule has 0 radical (unpaired) electrons. The van der Waals surface area contributed by atoms with Gasteiger partial charge in [0.2, 0.25) is 0 Å². The summed E-state index contributed by atoms with van der Waals surface area (Å²) in [6.07, 6.45) is 6.07. The summed E-state index contributed by atoms with van der Waals surface area (Å²) in [6.45, 7) is 4.53. The van der Waals surface area contributed by atoms with E-state index in [1.54, 1.807) is 11.3 Å². The summed E-state index contributed by atoms with van der Waals surface area (Å²) in [7, 11) is 0. The van der Waals surface area contributed by atoms with E-state index >= 15 is 0 Å². The Hall–Kier alpha value is -1.72. The minimum Gasteiger partial charge on any atom is -0.323 e. The average Bonchev–Trinajstić information content (AvgIpc) is 2.99. The molecule has 21 heavy (non-hydrogen) atoms. The fourth-order valence-electron chi connectivity index (χ4n) is 3.14. The monoisotopic (exact) mass is 298 g/mol. The molecule has 4 rings (SSSR count). The van der Waals surface area contributed by atoms with Gasteiger partial charge in [0.05, 0.1) is 5.69 Å². The van der Waals surface area contributed by atoms with Crippen molar-refractivity contribution in [3.63, 3.8) is 0 Å². The molecule has 108 valence electrons. The van der Waals surface area contributed by atoms with Crippen molar-refractivity contribution in [1.29, 1.82) is 0 Å². The van der Waals surface area contributed by atoms with Gasteiger partial charge in [0.25, 0.3) is 0 Å². The fraction of sp³-hybridized carbons (Fsp3) is 0.375. The number of thiazole rings is 1. The van der Waals surface area contributed by atoms with Crippen LogP contribution in [0.15, 0.2) is 30.6 Å². The highest BCUT2D eigenvalue weighted by atomic mass is 32.1. The summed E-state index contributed by atoms with van der Waals surface area (Å²) in [4.78, 5) is 10.7. The van der Waals surface area contributed by atoms with Crippen molar-refractivity contribution in [2.75, 3.05) is 0 Å². The van der Waals surface area contributed by atoms with Crippen LogP contribution >= 0.6 is 11.3 Å². The van der Waals surface area contributed by atoms with Gasteiger partial charge in [-0.15, -0.1) is 11.3 Å². The van der Waals surface area contributed by atoms with Crippen molar-refractivity contribution >= 4 is 17.0 Å². The molecule has 0 aromatic carbocycles. The van der Waals surface area contributed by atoms with Crippen molar-refractivity contribution < 1.29 is 0 Å². The van der Waals surface area contributed by atoms with Crippen molar-refractivity contribution in [3.05, 3.63) is 41.2 Å². The average molecular weight is 298 g/mol. The predicted octanol–water partition coefficient (Wildman–Crippen LogP) is 3.43. The highest BCUT2D eigenvalue weighted by Gasteiger charge is 2.33. The van der Waals surface area contributed by atoms with Gasteiger partial charge in [-0.05, 0) is 30.4 Å². The lowest BCUT2D eigenvalue weighted by atomic mass is 9.77. The molecule has 0 aliphatic heterocycles. The number of imidazole rings is 1. The highest BCUT2D eigenvalue weighted by Crippen LogP contribution is 2.43. The van der Waals surface area contributed by atoms with Gasteiger partial charge in [-0.2, -0.15) is 0 Å². The first-order valence-electron chi connectivity index (χ1n) is 7.21. The molecule has 3 aromatic rings. The van der Waals surface area contributed by atoms with Crippen LogP contribution in [0.1, 0.15) is 36.9 Å². The molecule has 1 aliphatic rings. The normalized spacial score (nSPS) is 20.6. The Labute approximate surface area is 127 Å². The van der Waals surface area contributed by atoms with E-state index in [1.165, 1.54) is 4.88 Å². The van der Waals surface area contributed by atoms with E-state index in [0.717, 1.165) is 34.9 Å². The van der Waals surface area contributed by atoms with Crippen molar-refractivity contribution in [1.82, 2.24) is 14.4 Å². The molecule has 2 N–H and O–H groups in total. The minimum absolute atomic E-state index is 0.104.